The number of ether oxygens (including phenoxy) is 4. The smallest absolute Gasteiger partial charge is 0.339 e. The fourth-order valence-corrected chi connectivity index (χ4v) is 4.93. The van der Waals surface area contributed by atoms with Crippen molar-refractivity contribution in [3.8, 4) is 17.2 Å². The highest BCUT2D eigenvalue weighted by Gasteiger charge is 2.30. The van der Waals surface area contributed by atoms with Gasteiger partial charge in [-0.15, -0.1) is 0 Å². The lowest BCUT2D eigenvalue weighted by atomic mass is 9.94. The Labute approximate surface area is 229 Å². The van der Waals surface area contributed by atoms with Crippen LogP contribution in [0.25, 0.3) is 0 Å². The molecule has 1 aliphatic heterocycles. The Morgan fingerprint density at radius 1 is 0.949 bits per heavy atom. The monoisotopic (exact) mass is 535 g/mol. The van der Waals surface area contributed by atoms with E-state index in [9.17, 15) is 9.59 Å². The Morgan fingerprint density at radius 3 is 2.13 bits per heavy atom. The second kappa shape index (κ2) is 11.8. The topological polar surface area (TPSA) is 92.1 Å². The average molecular weight is 536 g/mol. The number of nitrogens with zero attached hydrogens (tertiary/aromatic N) is 3. The first kappa shape index (κ1) is 28.0. The molecule has 4 rings (SSSR count). The number of methoxy groups -OCH3 is 3. The second-order valence-corrected chi connectivity index (χ2v) is 10.6. The number of hydrogen-bond donors (Lipinski definition) is 0. The van der Waals surface area contributed by atoms with Crippen LogP contribution in [0.5, 0.6) is 17.2 Å². The van der Waals surface area contributed by atoms with Crippen LogP contribution >= 0.6 is 0 Å². The third kappa shape index (κ3) is 6.35. The molecule has 9 heteroatoms. The minimum Gasteiger partial charge on any atom is -0.493 e. The largest absolute Gasteiger partial charge is 0.493 e. The van der Waals surface area contributed by atoms with Crippen molar-refractivity contribution in [3.05, 3.63) is 71.3 Å². The van der Waals surface area contributed by atoms with Crippen LogP contribution in [0.1, 0.15) is 71.6 Å². The van der Waals surface area contributed by atoms with Crippen molar-refractivity contribution in [1.82, 2.24) is 14.5 Å². The summed E-state index contributed by atoms with van der Waals surface area (Å²) >= 11 is 0. The highest BCUT2D eigenvalue weighted by Crippen LogP contribution is 2.38. The van der Waals surface area contributed by atoms with Gasteiger partial charge in [0.1, 0.15) is 11.4 Å². The maximum Gasteiger partial charge on any atom is 0.339 e. The van der Waals surface area contributed by atoms with E-state index < -0.39 is 11.6 Å². The molecule has 3 aromatic rings. The number of hydrogen-bond acceptors (Lipinski definition) is 7. The summed E-state index contributed by atoms with van der Waals surface area (Å²) in [4.78, 5) is 32.7. The highest BCUT2D eigenvalue weighted by atomic mass is 16.6. The minimum absolute atomic E-state index is 0.157. The summed E-state index contributed by atoms with van der Waals surface area (Å²) in [7, 11) is 4.79. The van der Waals surface area contributed by atoms with Gasteiger partial charge in [0.2, 0.25) is 5.75 Å². The molecule has 1 saturated heterocycles. The normalized spacial score (nSPS) is 14.2. The lowest BCUT2D eigenvalue weighted by Crippen LogP contribution is -2.39. The third-order valence-corrected chi connectivity index (χ3v) is 6.75. The van der Waals surface area contributed by atoms with Gasteiger partial charge in [0.05, 0.1) is 32.5 Å². The molecule has 208 valence electrons. The highest BCUT2D eigenvalue weighted by molar-refractivity contribution is 6.05. The molecule has 1 aliphatic rings. The van der Waals surface area contributed by atoms with E-state index in [1.165, 1.54) is 0 Å². The first-order chi connectivity index (χ1) is 18.6. The number of imidazole rings is 1. The van der Waals surface area contributed by atoms with Gasteiger partial charge in [-0.05, 0) is 63.4 Å². The molecule has 0 radical (unpaired) electrons. The van der Waals surface area contributed by atoms with Crippen molar-refractivity contribution in [1.29, 1.82) is 0 Å². The molecule has 2 aromatic carbocycles. The zero-order valence-corrected chi connectivity index (χ0v) is 23.5. The van der Waals surface area contributed by atoms with Gasteiger partial charge < -0.3 is 28.4 Å². The minimum atomic E-state index is -0.643. The number of carbonyl (C=O) groups excluding carboxylic acids is 2. The van der Waals surface area contributed by atoms with E-state index in [-0.39, 0.29) is 11.8 Å². The number of piperidine rings is 1. The Morgan fingerprint density at radius 2 is 1.56 bits per heavy atom. The average Bonchev–Trinajstić information content (AvgIpc) is 3.39. The van der Waals surface area contributed by atoms with Crippen LogP contribution in [0.3, 0.4) is 0 Å². The standard InChI is InChI=1S/C30H37N3O6/c1-30(2,3)39-29(35)23-10-8-7-9-22(23)28(34)32-14-11-21(12-15-32)27-31-13-16-33(27)19-20-17-24(36-4)26(38-6)25(18-20)37-5/h7-10,13,16-18,21H,11-12,14-15,19H2,1-6H3. The van der Waals surface area contributed by atoms with Crippen LogP contribution in [-0.4, -0.2) is 66.3 Å². The second-order valence-electron chi connectivity index (χ2n) is 10.6. The molecule has 39 heavy (non-hydrogen) atoms. The van der Waals surface area contributed by atoms with Crippen LogP contribution < -0.4 is 14.2 Å². The molecule has 9 nitrogen and oxygen atoms in total. The number of aromatic nitrogens is 2. The summed E-state index contributed by atoms with van der Waals surface area (Å²) in [5, 5.41) is 0. The third-order valence-electron chi connectivity index (χ3n) is 6.75. The van der Waals surface area contributed by atoms with Gasteiger partial charge in [-0.2, -0.15) is 0 Å². The summed E-state index contributed by atoms with van der Waals surface area (Å²) in [5.41, 5.74) is 1.01. The molecule has 0 N–H and O–H groups in total. The summed E-state index contributed by atoms with van der Waals surface area (Å²) in [6.07, 6.45) is 5.31. The molecule has 0 bridgehead atoms. The molecule has 0 saturated carbocycles. The molecule has 0 unspecified atom stereocenters. The molecular weight excluding hydrogens is 498 g/mol. The predicted molar refractivity (Wildman–Crippen MR) is 147 cm³/mol. The Bertz CT molecular complexity index is 1290. The molecular formula is C30H37N3O6. The van der Waals surface area contributed by atoms with Gasteiger partial charge in [0.25, 0.3) is 5.91 Å². The van der Waals surface area contributed by atoms with E-state index in [0.29, 0.717) is 48.0 Å². The number of benzene rings is 2. The van der Waals surface area contributed by atoms with E-state index in [0.717, 1.165) is 24.2 Å². The van der Waals surface area contributed by atoms with Crippen molar-refractivity contribution in [2.75, 3.05) is 34.4 Å². The van der Waals surface area contributed by atoms with Crippen molar-refractivity contribution in [2.24, 2.45) is 0 Å². The number of carbonyl (C=O) groups is 2. The number of likely N-dealkylation sites (tertiary alicyclic amines) is 1. The van der Waals surface area contributed by atoms with Crippen molar-refractivity contribution >= 4 is 11.9 Å². The molecule has 0 spiro atoms. The lowest BCUT2D eigenvalue weighted by Gasteiger charge is -2.32. The van der Waals surface area contributed by atoms with E-state index in [4.69, 9.17) is 18.9 Å². The Hall–Kier alpha value is -4.01. The van der Waals surface area contributed by atoms with Crippen LogP contribution in [-0.2, 0) is 11.3 Å². The summed E-state index contributed by atoms with van der Waals surface area (Å²) in [6.45, 7) is 7.17. The van der Waals surface area contributed by atoms with E-state index in [1.54, 1.807) is 45.6 Å². The number of rotatable bonds is 8. The first-order valence-electron chi connectivity index (χ1n) is 13.1. The van der Waals surface area contributed by atoms with Gasteiger partial charge in [-0.25, -0.2) is 9.78 Å². The Balaban J connectivity index is 1.46. The zero-order valence-electron chi connectivity index (χ0n) is 23.5. The summed E-state index contributed by atoms with van der Waals surface area (Å²) in [5.74, 6) is 2.29. The lowest BCUT2D eigenvalue weighted by molar-refractivity contribution is 0.00664. The van der Waals surface area contributed by atoms with Crippen molar-refractivity contribution in [3.63, 3.8) is 0 Å². The van der Waals surface area contributed by atoms with Gasteiger partial charge >= 0.3 is 5.97 Å². The van der Waals surface area contributed by atoms with E-state index in [2.05, 4.69) is 9.55 Å². The number of esters is 1. The van der Waals surface area contributed by atoms with E-state index >= 15 is 0 Å². The van der Waals surface area contributed by atoms with Crippen LogP contribution in [0.15, 0.2) is 48.8 Å². The van der Waals surface area contributed by atoms with Gasteiger partial charge in [-0.1, -0.05) is 12.1 Å². The predicted octanol–water partition coefficient (Wildman–Crippen LogP) is 4.93. The summed E-state index contributed by atoms with van der Waals surface area (Å²) in [6, 6.07) is 10.7. The van der Waals surface area contributed by atoms with Crippen LogP contribution in [0.4, 0.5) is 0 Å². The van der Waals surface area contributed by atoms with Crippen molar-refractivity contribution < 1.29 is 28.5 Å². The molecule has 0 atom stereocenters. The van der Waals surface area contributed by atoms with Gasteiger partial charge in [-0.3, -0.25) is 4.79 Å². The Kier molecular flexibility index (Phi) is 8.47. The first-order valence-corrected chi connectivity index (χ1v) is 13.1. The fourth-order valence-electron chi connectivity index (χ4n) is 4.93. The SMILES string of the molecule is COc1cc(Cn2ccnc2C2CCN(C(=O)c3ccccc3C(=O)OC(C)(C)C)CC2)cc(OC)c1OC. The molecule has 1 amide bonds. The molecule has 1 fully saturated rings. The van der Waals surface area contributed by atoms with Crippen molar-refractivity contribution in [2.45, 2.75) is 51.7 Å². The molecule has 0 aliphatic carbocycles. The number of amides is 1. The van der Waals surface area contributed by atoms with Crippen LogP contribution in [0.2, 0.25) is 0 Å². The van der Waals surface area contributed by atoms with Gasteiger partial charge in [0.15, 0.2) is 11.5 Å². The molecule has 2 heterocycles. The maximum atomic E-state index is 13.4. The van der Waals surface area contributed by atoms with E-state index in [1.807, 2.05) is 50.2 Å². The zero-order chi connectivity index (χ0) is 28.2. The van der Waals surface area contributed by atoms with Gasteiger partial charge in [0, 0.05) is 37.9 Å². The van der Waals surface area contributed by atoms with Crippen LogP contribution in [0, 0.1) is 0 Å². The maximum absolute atomic E-state index is 13.4. The quantitative estimate of drug-likeness (QED) is 0.378. The summed E-state index contributed by atoms with van der Waals surface area (Å²) < 4.78 is 24.1. The molecule has 1 aromatic heterocycles. The fraction of sp³-hybridized carbons (Fsp3) is 0.433.